The Morgan fingerprint density at radius 3 is 2.61 bits per heavy atom. The van der Waals surface area contributed by atoms with E-state index in [4.69, 9.17) is 5.73 Å². The summed E-state index contributed by atoms with van der Waals surface area (Å²) in [6.45, 7) is 1.09. The van der Waals surface area contributed by atoms with Crippen LogP contribution in [-0.2, 0) is 11.0 Å². The van der Waals surface area contributed by atoms with E-state index in [9.17, 15) is 18.0 Å². The molecule has 98 valence electrons. The molecule has 0 spiro atoms. The first-order valence-electron chi connectivity index (χ1n) is 5.36. The minimum atomic E-state index is -4.41. The van der Waals surface area contributed by atoms with Crippen molar-refractivity contribution in [1.82, 2.24) is 5.32 Å². The summed E-state index contributed by atoms with van der Waals surface area (Å²) in [6.07, 6.45) is -4.41. The highest BCUT2D eigenvalue weighted by atomic mass is 19.4. The van der Waals surface area contributed by atoms with Gasteiger partial charge in [-0.3, -0.25) is 4.79 Å². The van der Waals surface area contributed by atoms with Crippen molar-refractivity contribution in [3.63, 3.8) is 0 Å². The molecule has 18 heavy (non-hydrogen) atoms. The maximum Gasteiger partial charge on any atom is 0.416 e. The fourth-order valence-electron chi connectivity index (χ4n) is 1.86. The first-order valence-corrected chi connectivity index (χ1v) is 5.36. The number of benzene rings is 1. The third-order valence-electron chi connectivity index (χ3n) is 2.73. The van der Waals surface area contributed by atoms with Crippen molar-refractivity contribution in [2.75, 3.05) is 30.3 Å². The predicted molar refractivity (Wildman–Crippen MR) is 61.1 cm³/mol. The number of rotatable bonds is 1. The van der Waals surface area contributed by atoms with Gasteiger partial charge in [-0.25, -0.2) is 0 Å². The van der Waals surface area contributed by atoms with Crippen LogP contribution in [0.2, 0.25) is 0 Å². The van der Waals surface area contributed by atoms with Gasteiger partial charge in [0.05, 0.1) is 23.5 Å². The van der Waals surface area contributed by atoms with Gasteiger partial charge in [0.25, 0.3) is 0 Å². The molecule has 0 bridgehead atoms. The minimum absolute atomic E-state index is 0.0273. The van der Waals surface area contributed by atoms with Crippen LogP contribution in [0.5, 0.6) is 0 Å². The molecule has 1 aliphatic heterocycles. The van der Waals surface area contributed by atoms with E-state index >= 15 is 0 Å². The highest BCUT2D eigenvalue weighted by molar-refractivity contribution is 5.84. The summed E-state index contributed by atoms with van der Waals surface area (Å²) in [5, 5.41) is 2.64. The number of hydrogen-bond donors (Lipinski definition) is 2. The van der Waals surface area contributed by atoms with Crippen molar-refractivity contribution in [3.05, 3.63) is 23.8 Å². The molecule has 0 saturated carbocycles. The number of nitrogen functional groups attached to an aromatic ring is 1. The van der Waals surface area contributed by atoms with Crippen LogP contribution in [0.4, 0.5) is 24.5 Å². The van der Waals surface area contributed by atoms with Gasteiger partial charge in [0.1, 0.15) is 0 Å². The highest BCUT2D eigenvalue weighted by Gasteiger charge is 2.31. The van der Waals surface area contributed by atoms with Crippen molar-refractivity contribution in [2.24, 2.45) is 0 Å². The third-order valence-corrected chi connectivity index (χ3v) is 2.73. The molecule has 4 nitrogen and oxygen atoms in total. The number of nitrogens with two attached hydrogens (primary N) is 1. The summed E-state index contributed by atoms with van der Waals surface area (Å²) in [5.41, 5.74) is 5.32. The number of piperazine rings is 1. The molecule has 1 fully saturated rings. The SMILES string of the molecule is Nc1cc(C(F)(F)F)ccc1N1CCNC(=O)C1. The van der Waals surface area contributed by atoms with Gasteiger partial charge in [-0.05, 0) is 18.2 Å². The van der Waals surface area contributed by atoms with E-state index in [2.05, 4.69) is 5.32 Å². The van der Waals surface area contributed by atoms with Gasteiger partial charge in [0.15, 0.2) is 0 Å². The van der Waals surface area contributed by atoms with E-state index in [1.807, 2.05) is 0 Å². The van der Waals surface area contributed by atoms with Gasteiger partial charge in [0.2, 0.25) is 5.91 Å². The Kier molecular flexibility index (Phi) is 3.06. The lowest BCUT2D eigenvalue weighted by molar-refractivity contribution is -0.137. The molecule has 7 heteroatoms. The standard InChI is InChI=1S/C11H12F3N3O/c12-11(13,14)7-1-2-9(8(15)5-7)17-4-3-16-10(18)6-17/h1-2,5H,3-4,6,15H2,(H,16,18). The molecule has 0 aliphatic carbocycles. The molecule has 3 N–H and O–H groups in total. The average molecular weight is 259 g/mol. The van der Waals surface area contributed by atoms with Crippen LogP contribution in [0.1, 0.15) is 5.56 Å². The van der Waals surface area contributed by atoms with E-state index in [0.29, 0.717) is 18.8 Å². The van der Waals surface area contributed by atoms with Crippen molar-refractivity contribution < 1.29 is 18.0 Å². The molecule has 1 heterocycles. The number of carbonyl (C=O) groups excluding carboxylic acids is 1. The zero-order valence-corrected chi connectivity index (χ0v) is 9.42. The van der Waals surface area contributed by atoms with E-state index in [0.717, 1.165) is 12.1 Å². The lowest BCUT2D eigenvalue weighted by Gasteiger charge is -2.29. The average Bonchev–Trinajstić information content (AvgIpc) is 2.27. The fraction of sp³-hybridized carbons (Fsp3) is 0.364. The normalized spacial score (nSPS) is 16.6. The van der Waals surface area contributed by atoms with Crippen molar-refractivity contribution in [2.45, 2.75) is 6.18 Å². The number of nitrogens with zero attached hydrogens (tertiary/aromatic N) is 1. The Morgan fingerprint density at radius 2 is 2.06 bits per heavy atom. The lowest BCUT2D eigenvalue weighted by Crippen LogP contribution is -2.47. The smallest absolute Gasteiger partial charge is 0.397 e. The Hall–Kier alpha value is -1.92. The molecular formula is C11H12F3N3O. The maximum atomic E-state index is 12.5. The Balaban J connectivity index is 2.27. The number of halogens is 3. The zero-order chi connectivity index (χ0) is 13.3. The summed E-state index contributed by atoms with van der Waals surface area (Å²) < 4.78 is 37.4. The minimum Gasteiger partial charge on any atom is -0.397 e. The third kappa shape index (κ3) is 2.49. The van der Waals surface area contributed by atoms with E-state index in [-0.39, 0.29) is 18.1 Å². The second-order valence-corrected chi connectivity index (χ2v) is 4.04. The number of alkyl halides is 3. The van der Waals surface area contributed by atoms with Crippen LogP contribution in [0.25, 0.3) is 0 Å². The van der Waals surface area contributed by atoms with Gasteiger partial charge in [0, 0.05) is 13.1 Å². The molecule has 0 aromatic heterocycles. The molecule has 1 aromatic rings. The number of nitrogens with one attached hydrogen (secondary N) is 1. The first-order chi connectivity index (χ1) is 8.38. The second kappa shape index (κ2) is 4.40. The summed E-state index contributed by atoms with van der Waals surface area (Å²) >= 11 is 0. The van der Waals surface area contributed by atoms with E-state index < -0.39 is 11.7 Å². The molecule has 2 rings (SSSR count). The van der Waals surface area contributed by atoms with Crippen LogP contribution in [0.3, 0.4) is 0 Å². The molecule has 1 saturated heterocycles. The zero-order valence-electron chi connectivity index (χ0n) is 9.42. The van der Waals surface area contributed by atoms with Crippen LogP contribution in [-0.4, -0.2) is 25.5 Å². The van der Waals surface area contributed by atoms with Crippen LogP contribution in [0, 0.1) is 0 Å². The summed E-state index contributed by atoms with van der Waals surface area (Å²) in [6, 6.07) is 3.16. The predicted octanol–water partition coefficient (Wildman–Crippen LogP) is 1.22. The number of anilines is 2. The molecule has 0 atom stereocenters. The molecule has 0 radical (unpaired) electrons. The molecule has 1 amide bonds. The lowest BCUT2D eigenvalue weighted by atomic mass is 10.1. The van der Waals surface area contributed by atoms with Gasteiger partial charge >= 0.3 is 6.18 Å². The highest BCUT2D eigenvalue weighted by Crippen LogP contribution is 2.34. The van der Waals surface area contributed by atoms with Crippen LogP contribution < -0.4 is 16.0 Å². The van der Waals surface area contributed by atoms with E-state index in [1.165, 1.54) is 6.07 Å². The quantitative estimate of drug-likeness (QED) is 0.746. The van der Waals surface area contributed by atoms with E-state index in [1.54, 1.807) is 4.90 Å². The fourth-order valence-corrected chi connectivity index (χ4v) is 1.86. The van der Waals surface area contributed by atoms with Crippen molar-refractivity contribution in [1.29, 1.82) is 0 Å². The summed E-state index contributed by atoms with van der Waals surface area (Å²) in [5.74, 6) is -0.166. The maximum absolute atomic E-state index is 12.5. The Bertz CT molecular complexity index is 473. The van der Waals surface area contributed by atoms with Crippen molar-refractivity contribution >= 4 is 17.3 Å². The molecular weight excluding hydrogens is 247 g/mol. The molecule has 1 aliphatic rings. The number of amides is 1. The Labute approximate surface area is 102 Å². The van der Waals surface area contributed by atoms with Gasteiger partial charge in [-0.2, -0.15) is 13.2 Å². The van der Waals surface area contributed by atoms with Gasteiger partial charge in [-0.1, -0.05) is 0 Å². The molecule has 0 unspecified atom stereocenters. The number of carbonyl (C=O) groups is 1. The van der Waals surface area contributed by atoms with Crippen molar-refractivity contribution in [3.8, 4) is 0 Å². The summed E-state index contributed by atoms with van der Waals surface area (Å²) in [7, 11) is 0. The Morgan fingerprint density at radius 1 is 1.33 bits per heavy atom. The topological polar surface area (TPSA) is 58.4 Å². The largest absolute Gasteiger partial charge is 0.416 e. The van der Waals surface area contributed by atoms with Gasteiger partial charge < -0.3 is 16.0 Å². The summed E-state index contributed by atoms with van der Waals surface area (Å²) in [4.78, 5) is 12.9. The second-order valence-electron chi connectivity index (χ2n) is 4.04. The van der Waals surface area contributed by atoms with Gasteiger partial charge in [-0.15, -0.1) is 0 Å². The monoisotopic (exact) mass is 259 g/mol. The number of hydrogen-bond acceptors (Lipinski definition) is 3. The van der Waals surface area contributed by atoms with Crippen LogP contribution >= 0.6 is 0 Å². The first kappa shape index (κ1) is 12.5. The molecule has 1 aromatic carbocycles. The van der Waals surface area contributed by atoms with Crippen LogP contribution in [0.15, 0.2) is 18.2 Å².